The molecule has 3 heterocycles. The third-order valence-electron chi connectivity index (χ3n) is 6.32. The topological polar surface area (TPSA) is 84.3 Å². The molecule has 2 amide bonds. The van der Waals surface area contributed by atoms with Crippen LogP contribution in [-0.4, -0.2) is 33.7 Å². The molecular formula is C25H28N4O3S2. The van der Waals surface area contributed by atoms with Crippen molar-refractivity contribution in [2.45, 2.75) is 51.7 Å². The number of amides is 2. The van der Waals surface area contributed by atoms with Gasteiger partial charge < -0.3 is 10.2 Å². The summed E-state index contributed by atoms with van der Waals surface area (Å²) in [6, 6.07) is 7.29. The van der Waals surface area contributed by atoms with E-state index in [9.17, 15) is 14.4 Å². The highest BCUT2D eigenvalue weighted by Crippen LogP contribution is 2.37. The molecule has 34 heavy (non-hydrogen) atoms. The van der Waals surface area contributed by atoms with Gasteiger partial charge in [-0.15, -0.1) is 11.3 Å². The molecule has 1 unspecified atom stereocenters. The van der Waals surface area contributed by atoms with Gasteiger partial charge in [0.25, 0.3) is 5.56 Å². The van der Waals surface area contributed by atoms with Gasteiger partial charge in [0, 0.05) is 11.4 Å². The lowest BCUT2D eigenvalue weighted by Crippen LogP contribution is -2.43. The van der Waals surface area contributed by atoms with Gasteiger partial charge in [-0.3, -0.25) is 19.0 Å². The highest BCUT2D eigenvalue weighted by Gasteiger charge is 2.28. The van der Waals surface area contributed by atoms with E-state index in [1.165, 1.54) is 27.1 Å². The maximum Gasteiger partial charge on any atom is 0.263 e. The minimum atomic E-state index is -0.216. The predicted molar refractivity (Wildman–Crippen MR) is 138 cm³/mol. The number of hydrogen-bond donors (Lipinski definition) is 1. The van der Waals surface area contributed by atoms with E-state index in [0.717, 1.165) is 29.5 Å². The first-order valence-electron chi connectivity index (χ1n) is 11.7. The van der Waals surface area contributed by atoms with Crippen LogP contribution in [0, 0.1) is 11.8 Å². The Labute approximate surface area is 206 Å². The summed E-state index contributed by atoms with van der Waals surface area (Å²) in [5, 5.41) is 4.15. The molecule has 9 heteroatoms. The number of rotatable bonds is 5. The van der Waals surface area contributed by atoms with Gasteiger partial charge in [-0.05, 0) is 48.8 Å². The fourth-order valence-electron chi connectivity index (χ4n) is 4.70. The Morgan fingerprint density at radius 2 is 2.09 bits per heavy atom. The number of carbonyl (C=O) groups excluding carboxylic acids is 2. The number of thioether (sulfide) groups is 1. The number of aromatic nitrogens is 2. The molecule has 5 rings (SSSR count). The largest absolute Gasteiger partial charge is 0.323 e. The quantitative estimate of drug-likeness (QED) is 0.420. The van der Waals surface area contributed by atoms with Crippen LogP contribution in [0.3, 0.4) is 0 Å². The lowest BCUT2D eigenvalue weighted by Gasteiger charge is -2.29. The molecule has 0 saturated heterocycles. The van der Waals surface area contributed by atoms with E-state index in [4.69, 9.17) is 4.98 Å². The first-order chi connectivity index (χ1) is 16.3. The predicted octanol–water partition coefficient (Wildman–Crippen LogP) is 4.32. The minimum Gasteiger partial charge on any atom is -0.323 e. The molecule has 1 atom stereocenters. The molecule has 7 nitrogen and oxygen atoms in total. The summed E-state index contributed by atoms with van der Waals surface area (Å²) in [6.07, 6.45) is 3.02. The van der Waals surface area contributed by atoms with Gasteiger partial charge in [-0.25, -0.2) is 4.98 Å². The minimum absolute atomic E-state index is 0.00315. The number of carbonyl (C=O) groups is 2. The van der Waals surface area contributed by atoms with Gasteiger partial charge >= 0.3 is 0 Å². The Hall–Kier alpha value is -2.65. The summed E-state index contributed by atoms with van der Waals surface area (Å²) >= 11 is 2.90. The van der Waals surface area contributed by atoms with Crippen LogP contribution in [0.15, 0.2) is 34.2 Å². The average molecular weight is 497 g/mol. The molecule has 0 saturated carbocycles. The van der Waals surface area contributed by atoms with Crippen molar-refractivity contribution < 1.29 is 9.59 Å². The van der Waals surface area contributed by atoms with Gasteiger partial charge in [-0.1, -0.05) is 44.7 Å². The van der Waals surface area contributed by atoms with Crippen LogP contribution in [-0.2, 0) is 29.0 Å². The molecule has 2 aromatic heterocycles. The van der Waals surface area contributed by atoms with Crippen molar-refractivity contribution in [2.75, 3.05) is 22.5 Å². The Bertz CT molecular complexity index is 1340. The number of para-hydroxylation sites is 2. The summed E-state index contributed by atoms with van der Waals surface area (Å²) in [4.78, 5) is 47.4. The van der Waals surface area contributed by atoms with E-state index in [1.807, 2.05) is 18.2 Å². The zero-order chi connectivity index (χ0) is 24.0. The van der Waals surface area contributed by atoms with Crippen molar-refractivity contribution in [2.24, 2.45) is 11.8 Å². The Balaban J connectivity index is 1.47. The third-order valence-corrected chi connectivity index (χ3v) is 8.43. The van der Waals surface area contributed by atoms with Gasteiger partial charge in [0.1, 0.15) is 11.4 Å². The molecule has 1 aromatic carbocycles. The molecule has 178 valence electrons. The number of nitrogens with zero attached hydrogens (tertiary/aromatic N) is 3. The number of fused-ring (bicyclic) bond motifs is 4. The smallest absolute Gasteiger partial charge is 0.263 e. The summed E-state index contributed by atoms with van der Waals surface area (Å²) < 4.78 is 1.74. The van der Waals surface area contributed by atoms with Crippen LogP contribution in [0.2, 0.25) is 0 Å². The number of benzene rings is 1. The van der Waals surface area contributed by atoms with Gasteiger partial charge in [0.15, 0.2) is 5.16 Å². The zero-order valence-corrected chi connectivity index (χ0v) is 21.2. The summed E-state index contributed by atoms with van der Waals surface area (Å²) in [7, 11) is 0. The van der Waals surface area contributed by atoms with E-state index in [-0.39, 0.29) is 35.6 Å². The second kappa shape index (κ2) is 9.19. The van der Waals surface area contributed by atoms with E-state index in [2.05, 4.69) is 26.1 Å². The number of anilines is 2. The summed E-state index contributed by atoms with van der Waals surface area (Å²) in [6.45, 7) is 6.93. The van der Waals surface area contributed by atoms with Gasteiger partial charge in [0.05, 0.1) is 22.5 Å². The van der Waals surface area contributed by atoms with Crippen molar-refractivity contribution in [3.05, 3.63) is 45.1 Å². The monoisotopic (exact) mass is 496 g/mol. The fraction of sp³-hybridized carbons (Fsp3) is 0.440. The van der Waals surface area contributed by atoms with Crippen molar-refractivity contribution in [3.8, 4) is 0 Å². The van der Waals surface area contributed by atoms with Crippen LogP contribution in [0.5, 0.6) is 0 Å². The molecule has 1 aliphatic heterocycles. The van der Waals surface area contributed by atoms with E-state index >= 15 is 0 Å². The lowest BCUT2D eigenvalue weighted by molar-refractivity contribution is -0.120. The zero-order valence-electron chi connectivity index (χ0n) is 19.6. The first-order valence-corrected chi connectivity index (χ1v) is 13.5. The second-order valence-electron chi connectivity index (χ2n) is 9.57. The Morgan fingerprint density at radius 3 is 2.88 bits per heavy atom. The van der Waals surface area contributed by atoms with Crippen LogP contribution < -0.4 is 15.8 Å². The van der Waals surface area contributed by atoms with Crippen molar-refractivity contribution in [3.63, 3.8) is 0 Å². The van der Waals surface area contributed by atoms with Crippen molar-refractivity contribution >= 4 is 56.5 Å². The molecule has 3 aromatic rings. The number of aryl methyl sites for hydroxylation is 1. The Morgan fingerprint density at radius 1 is 1.29 bits per heavy atom. The van der Waals surface area contributed by atoms with E-state index in [1.54, 1.807) is 22.0 Å². The Kier molecular flexibility index (Phi) is 6.24. The molecule has 2 aliphatic rings. The molecule has 0 bridgehead atoms. The first kappa shape index (κ1) is 23.1. The summed E-state index contributed by atoms with van der Waals surface area (Å²) in [5.41, 5.74) is 2.50. The van der Waals surface area contributed by atoms with Crippen LogP contribution in [0.4, 0.5) is 11.4 Å². The molecule has 0 spiro atoms. The molecule has 1 aliphatic carbocycles. The maximum absolute atomic E-state index is 13.6. The average Bonchev–Trinajstić information content (AvgIpc) is 3.16. The van der Waals surface area contributed by atoms with Crippen LogP contribution in [0.25, 0.3) is 10.2 Å². The number of thiophene rings is 1. The lowest BCUT2D eigenvalue weighted by atomic mass is 9.89. The van der Waals surface area contributed by atoms with Crippen molar-refractivity contribution in [1.82, 2.24) is 9.55 Å². The van der Waals surface area contributed by atoms with Crippen LogP contribution in [0.1, 0.15) is 37.6 Å². The highest BCUT2D eigenvalue weighted by atomic mass is 32.2. The second-order valence-corrected chi connectivity index (χ2v) is 11.6. The van der Waals surface area contributed by atoms with E-state index < -0.39 is 0 Å². The normalized spacial score (nSPS) is 17.6. The molecule has 0 radical (unpaired) electrons. The molecule has 0 fully saturated rings. The fourth-order valence-corrected chi connectivity index (χ4v) is 7.01. The highest BCUT2D eigenvalue weighted by molar-refractivity contribution is 7.99. The van der Waals surface area contributed by atoms with Crippen molar-refractivity contribution in [1.29, 1.82) is 0 Å². The number of hydrogen-bond acceptors (Lipinski definition) is 6. The van der Waals surface area contributed by atoms with Gasteiger partial charge in [-0.2, -0.15) is 0 Å². The van der Waals surface area contributed by atoms with Crippen LogP contribution >= 0.6 is 23.1 Å². The number of nitrogens with one attached hydrogen (secondary N) is 1. The van der Waals surface area contributed by atoms with E-state index in [0.29, 0.717) is 29.0 Å². The summed E-state index contributed by atoms with van der Waals surface area (Å²) in [5.74, 6) is 0.581. The molecular weight excluding hydrogens is 468 g/mol. The van der Waals surface area contributed by atoms with Gasteiger partial charge in [0.2, 0.25) is 11.8 Å². The molecule has 1 N–H and O–H groups in total. The standard InChI is InChI=1S/C25H28N4O3S2/c1-14(2)11-29-24(32)22-16-9-8-15(3)10-19(16)34-23(22)27-25(29)33-13-21(31)28-12-20(30)26-17-6-4-5-7-18(17)28/h4-7,14-15H,8-13H2,1-3H3,(H,26,30). The maximum atomic E-state index is 13.6. The third kappa shape index (κ3) is 4.27. The SMILES string of the molecule is CC(C)Cn1c(SCC(=O)N2CC(=O)Nc3ccccc32)nc2sc3c(c2c1=O)CCC(C)C3.